The lowest BCUT2D eigenvalue weighted by Crippen LogP contribution is -2.47. The number of carbonyl (C=O) groups excluding carboxylic acids is 3. The van der Waals surface area contributed by atoms with Gasteiger partial charge in [0, 0.05) is 12.1 Å². The fourth-order valence-electron chi connectivity index (χ4n) is 2.00. The second-order valence-corrected chi connectivity index (χ2v) is 5.86. The number of esters is 2. The third-order valence-corrected chi connectivity index (χ3v) is 4.02. The molecule has 0 aliphatic heterocycles. The van der Waals surface area contributed by atoms with E-state index in [1.54, 1.807) is 6.92 Å². The molecule has 0 aliphatic carbocycles. The summed E-state index contributed by atoms with van der Waals surface area (Å²) < 4.78 is 9.48. The lowest BCUT2D eigenvalue weighted by Gasteiger charge is -2.21. The number of non-ortho nitro benzene ring substituents is 1. The first-order valence-corrected chi connectivity index (χ1v) is 8.07. The van der Waals surface area contributed by atoms with E-state index in [0.717, 1.165) is 18.2 Å². The summed E-state index contributed by atoms with van der Waals surface area (Å²) in [7, 11) is 1.21. The number of hydrogen-bond donors (Lipinski definition) is 1. The van der Waals surface area contributed by atoms with Crippen molar-refractivity contribution in [1.82, 2.24) is 5.32 Å². The molecule has 26 heavy (non-hydrogen) atoms. The summed E-state index contributed by atoms with van der Waals surface area (Å²) in [6.07, 6.45) is 0.623. The van der Waals surface area contributed by atoms with Gasteiger partial charge in [0.05, 0.1) is 22.6 Å². The molecule has 1 aromatic rings. The molecule has 0 saturated heterocycles. The molecule has 0 bridgehead atoms. The Morgan fingerprint density at radius 3 is 2.50 bits per heavy atom. The number of nitrogens with one attached hydrogen (secondary N) is 1. The first kappa shape index (κ1) is 21.4. The Bertz CT molecular complexity index is 708. The van der Waals surface area contributed by atoms with Crippen LogP contribution in [0.25, 0.3) is 0 Å². The zero-order valence-corrected chi connectivity index (χ0v) is 15.2. The molecule has 0 spiro atoms. The second-order valence-electron chi connectivity index (χ2n) is 5.45. The van der Waals surface area contributed by atoms with Gasteiger partial charge in [-0.05, 0) is 12.0 Å². The van der Waals surface area contributed by atoms with Crippen LogP contribution in [0.2, 0.25) is 5.02 Å². The number of rotatable bonds is 8. The quantitative estimate of drug-likeness (QED) is 0.412. The minimum Gasteiger partial charge on any atom is -0.467 e. The Labute approximate surface area is 154 Å². The SMILES string of the molecule is CC[C@@H](C)[C@@H](NC(=O)COC(=O)c1ccc([N+](=O)[O-])cc1Cl)C(=O)OC. The molecule has 1 N–H and O–H groups in total. The molecule has 1 rings (SSSR count). The van der Waals surface area contributed by atoms with Crippen LogP contribution in [0.15, 0.2) is 18.2 Å². The van der Waals surface area contributed by atoms with Gasteiger partial charge in [-0.25, -0.2) is 9.59 Å². The van der Waals surface area contributed by atoms with Crippen molar-refractivity contribution in [3.05, 3.63) is 38.9 Å². The highest BCUT2D eigenvalue weighted by Crippen LogP contribution is 2.23. The van der Waals surface area contributed by atoms with E-state index in [4.69, 9.17) is 16.3 Å². The topological polar surface area (TPSA) is 125 Å². The molecule has 0 heterocycles. The van der Waals surface area contributed by atoms with E-state index in [2.05, 4.69) is 10.1 Å². The Morgan fingerprint density at radius 2 is 2.00 bits per heavy atom. The first-order valence-electron chi connectivity index (χ1n) is 7.69. The number of nitro groups is 1. The number of carbonyl (C=O) groups is 3. The van der Waals surface area contributed by atoms with Gasteiger partial charge in [-0.3, -0.25) is 14.9 Å². The zero-order valence-electron chi connectivity index (χ0n) is 14.5. The highest BCUT2D eigenvalue weighted by atomic mass is 35.5. The van der Waals surface area contributed by atoms with Crippen molar-refractivity contribution in [2.45, 2.75) is 26.3 Å². The standard InChI is InChI=1S/C16H19ClN2O7/c1-4-9(2)14(16(22)25-3)18-13(20)8-26-15(21)11-6-5-10(19(23)24)7-12(11)17/h5-7,9,14H,4,8H2,1-3H3,(H,18,20)/t9-,14-/m1/s1. The van der Waals surface area contributed by atoms with Gasteiger partial charge in [0.25, 0.3) is 11.6 Å². The van der Waals surface area contributed by atoms with Crippen LogP contribution < -0.4 is 5.32 Å². The van der Waals surface area contributed by atoms with Crippen LogP contribution in [0, 0.1) is 16.0 Å². The number of amides is 1. The molecule has 0 saturated carbocycles. The number of methoxy groups -OCH3 is 1. The first-order chi connectivity index (χ1) is 12.2. The lowest BCUT2D eigenvalue weighted by molar-refractivity contribution is -0.384. The third kappa shape index (κ3) is 5.69. The number of nitrogens with zero attached hydrogens (tertiary/aromatic N) is 1. The Balaban J connectivity index is 2.70. The number of benzene rings is 1. The fourth-order valence-corrected chi connectivity index (χ4v) is 2.26. The van der Waals surface area contributed by atoms with Crippen LogP contribution in [0.3, 0.4) is 0 Å². The van der Waals surface area contributed by atoms with Crippen molar-refractivity contribution in [2.75, 3.05) is 13.7 Å². The molecule has 0 fully saturated rings. The molecule has 1 amide bonds. The van der Waals surface area contributed by atoms with E-state index < -0.39 is 35.4 Å². The van der Waals surface area contributed by atoms with Gasteiger partial charge >= 0.3 is 11.9 Å². The predicted molar refractivity (Wildman–Crippen MR) is 91.8 cm³/mol. The Hall–Kier alpha value is -2.68. The molecule has 10 heteroatoms. The van der Waals surface area contributed by atoms with Crippen LogP contribution >= 0.6 is 11.6 Å². The maximum Gasteiger partial charge on any atom is 0.340 e. The van der Waals surface area contributed by atoms with Gasteiger partial charge in [-0.15, -0.1) is 0 Å². The lowest BCUT2D eigenvalue weighted by atomic mass is 9.99. The highest BCUT2D eigenvalue weighted by Gasteiger charge is 2.27. The summed E-state index contributed by atoms with van der Waals surface area (Å²) in [5.74, 6) is -2.38. The van der Waals surface area contributed by atoms with Crippen molar-refractivity contribution in [3.63, 3.8) is 0 Å². The molecule has 2 atom stereocenters. The van der Waals surface area contributed by atoms with Crippen molar-refractivity contribution in [3.8, 4) is 0 Å². The van der Waals surface area contributed by atoms with Crippen molar-refractivity contribution < 1.29 is 28.8 Å². The van der Waals surface area contributed by atoms with Crippen molar-refractivity contribution >= 4 is 35.1 Å². The van der Waals surface area contributed by atoms with E-state index in [1.807, 2.05) is 6.92 Å². The van der Waals surface area contributed by atoms with E-state index >= 15 is 0 Å². The Kier molecular flexibility index (Phi) is 7.98. The average molecular weight is 387 g/mol. The molecule has 9 nitrogen and oxygen atoms in total. The minimum atomic E-state index is -0.918. The molecule has 0 aliphatic rings. The van der Waals surface area contributed by atoms with Gasteiger partial charge in [-0.2, -0.15) is 0 Å². The minimum absolute atomic E-state index is 0.114. The summed E-state index contributed by atoms with van der Waals surface area (Å²) in [5, 5.41) is 12.9. The number of hydrogen-bond acceptors (Lipinski definition) is 7. The van der Waals surface area contributed by atoms with Crippen molar-refractivity contribution in [1.29, 1.82) is 0 Å². The molecule has 0 unspecified atom stereocenters. The zero-order chi connectivity index (χ0) is 19.9. The highest BCUT2D eigenvalue weighted by molar-refractivity contribution is 6.33. The molecule has 0 aromatic heterocycles. The van der Waals surface area contributed by atoms with Gasteiger partial charge in [0.2, 0.25) is 0 Å². The van der Waals surface area contributed by atoms with Crippen LogP contribution in [-0.4, -0.2) is 42.5 Å². The summed E-state index contributed by atoms with van der Waals surface area (Å²) in [6, 6.07) is 2.38. The van der Waals surface area contributed by atoms with E-state index in [-0.39, 0.29) is 22.2 Å². The summed E-state index contributed by atoms with van der Waals surface area (Å²) in [6.45, 7) is 2.98. The summed E-state index contributed by atoms with van der Waals surface area (Å²) >= 11 is 5.82. The second kappa shape index (κ2) is 9.71. The average Bonchev–Trinajstić information content (AvgIpc) is 2.62. The van der Waals surface area contributed by atoms with Gasteiger partial charge in [-0.1, -0.05) is 31.9 Å². The smallest absolute Gasteiger partial charge is 0.340 e. The number of halogens is 1. The van der Waals surface area contributed by atoms with Gasteiger partial charge in [0.1, 0.15) is 6.04 Å². The maximum absolute atomic E-state index is 12.0. The molecular weight excluding hydrogens is 368 g/mol. The number of nitro benzene ring substituents is 1. The van der Waals surface area contributed by atoms with Crippen LogP contribution in [0.4, 0.5) is 5.69 Å². The van der Waals surface area contributed by atoms with Gasteiger partial charge in [0.15, 0.2) is 6.61 Å². The molecule has 142 valence electrons. The molecular formula is C16H19ClN2O7. The van der Waals surface area contributed by atoms with E-state index in [1.165, 1.54) is 7.11 Å². The van der Waals surface area contributed by atoms with E-state index in [0.29, 0.717) is 6.42 Å². The molecule has 0 radical (unpaired) electrons. The van der Waals surface area contributed by atoms with Crippen LogP contribution in [-0.2, 0) is 19.1 Å². The summed E-state index contributed by atoms with van der Waals surface area (Å²) in [5.41, 5.74) is -0.393. The summed E-state index contributed by atoms with van der Waals surface area (Å²) in [4.78, 5) is 45.6. The predicted octanol–water partition coefficient (Wildman–Crippen LogP) is 2.11. The van der Waals surface area contributed by atoms with Crippen LogP contribution in [0.5, 0.6) is 0 Å². The monoisotopic (exact) mass is 386 g/mol. The number of ether oxygens (including phenoxy) is 2. The van der Waals surface area contributed by atoms with Gasteiger partial charge < -0.3 is 14.8 Å². The Morgan fingerprint density at radius 1 is 1.35 bits per heavy atom. The maximum atomic E-state index is 12.0. The largest absolute Gasteiger partial charge is 0.467 e. The fraction of sp³-hybridized carbons (Fsp3) is 0.438. The van der Waals surface area contributed by atoms with Crippen LogP contribution in [0.1, 0.15) is 30.6 Å². The third-order valence-electron chi connectivity index (χ3n) is 3.70. The molecule has 1 aromatic carbocycles. The van der Waals surface area contributed by atoms with E-state index in [9.17, 15) is 24.5 Å². The normalized spacial score (nSPS) is 12.6. The van der Waals surface area contributed by atoms with Crippen molar-refractivity contribution in [2.24, 2.45) is 5.92 Å².